The molecule has 0 spiro atoms. The van der Waals surface area contributed by atoms with Crippen molar-refractivity contribution in [2.45, 2.75) is 4.90 Å². The SMILES string of the molecule is Nc1ccc(S(=O)(=O)Nc2ccc(F)cc2Cl)cc1. The van der Waals surface area contributed by atoms with Crippen LogP contribution in [0.2, 0.25) is 5.02 Å². The van der Waals surface area contributed by atoms with Gasteiger partial charge >= 0.3 is 0 Å². The maximum atomic E-state index is 12.9. The Morgan fingerprint density at radius 2 is 1.74 bits per heavy atom. The maximum Gasteiger partial charge on any atom is 0.261 e. The van der Waals surface area contributed by atoms with Gasteiger partial charge in [0.25, 0.3) is 10.0 Å². The smallest absolute Gasteiger partial charge is 0.261 e. The lowest BCUT2D eigenvalue weighted by Gasteiger charge is -2.09. The average Bonchev–Trinajstić information content (AvgIpc) is 2.33. The predicted molar refractivity (Wildman–Crippen MR) is 73.1 cm³/mol. The van der Waals surface area contributed by atoms with Crippen LogP contribution in [0.4, 0.5) is 15.8 Å². The number of rotatable bonds is 3. The summed E-state index contributed by atoms with van der Waals surface area (Å²) in [5, 5.41) is -0.0148. The average molecular weight is 301 g/mol. The van der Waals surface area contributed by atoms with Crippen molar-refractivity contribution in [1.82, 2.24) is 0 Å². The van der Waals surface area contributed by atoms with Crippen LogP contribution in [-0.4, -0.2) is 8.42 Å². The second-order valence-electron chi connectivity index (χ2n) is 3.80. The summed E-state index contributed by atoms with van der Waals surface area (Å²) in [5.74, 6) is -0.541. The lowest BCUT2D eigenvalue weighted by Crippen LogP contribution is -2.13. The quantitative estimate of drug-likeness (QED) is 0.856. The van der Waals surface area contributed by atoms with Crippen molar-refractivity contribution in [3.63, 3.8) is 0 Å². The third-order valence-corrected chi connectivity index (χ3v) is 4.06. The Kier molecular flexibility index (Phi) is 3.64. The molecule has 0 unspecified atom stereocenters. The summed E-state index contributed by atoms with van der Waals surface area (Å²) in [6, 6.07) is 9.09. The van der Waals surface area contributed by atoms with E-state index in [1.807, 2.05) is 0 Å². The highest BCUT2D eigenvalue weighted by atomic mass is 35.5. The summed E-state index contributed by atoms with van der Waals surface area (Å²) in [5.41, 5.74) is 6.05. The van der Waals surface area contributed by atoms with E-state index in [0.29, 0.717) is 5.69 Å². The number of sulfonamides is 1. The van der Waals surface area contributed by atoms with Crippen molar-refractivity contribution in [2.75, 3.05) is 10.5 Å². The molecular weight excluding hydrogens is 291 g/mol. The number of benzene rings is 2. The first-order chi connectivity index (χ1) is 8.88. The van der Waals surface area contributed by atoms with Crippen molar-refractivity contribution in [3.8, 4) is 0 Å². The fourth-order valence-electron chi connectivity index (χ4n) is 1.42. The summed E-state index contributed by atoms with van der Waals surface area (Å²) in [6.45, 7) is 0. The van der Waals surface area contributed by atoms with E-state index in [1.54, 1.807) is 0 Å². The van der Waals surface area contributed by atoms with Crippen LogP contribution < -0.4 is 10.5 Å². The minimum Gasteiger partial charge on any atom is -0.399 e. The summed E-state index contributed by atoms with van der Waals surface area (Å²) in [7, 11) is -3.78. The normalized spacial score (nSPS) is 11.3. The monoisotopic (exact) mass is 300 g/mol. The molecule has 0 atom stereocenters. The van der Waals surface area contributed by atoms with Crippen LogP contribution in [0.5, 0.6) is 0 Å². The molecule has 0 aliphatic rings. The molecule has 3 N–H and O–H groups in total. The predicted octanol–water partition coefficient (Wildman–Crippen LogP) is 2.86. The maximum absolute atomic E-state index is 12.9. The minimum atomic E-state index is -3.78. The molecule has 0 bridgehead atoms. The Morgan fingerprint density at radius 3 is 2.32 bits per heavy atom. The number of hydrogen-bond donors (Lipinski definition) is 2. The summed E-state index contributed by atoms with van der Waals surface area (Å²) in [6.07, 6.45) is 0. The molecule has 0 saturated carbocycles. The van der Waals surface area contributed by atoms with E-state index in [0.717, 1.165) is 12.1 Å². The van der Waals surface area contributed by atoms with Crippen LogP contribution in [0.1, 0.15) is 0 Å². The van der Waals surface area contributed by atoms with E-state index < -0.39 is 15.8 Å². The van der Waals surface area contributed by atoms with Crippen molar-refractivity contribution >= 4 is 33.0 Å². The second-order valence-corrected chi connectivity index (χ2v) is 5.89. The Morgan fingerprint density at radius 1 is 1.11 bits per heavy atom. The molecule has 0 fully saturated rings. The largest absolute Gasteiger partial charge is 0.399 e. The third-order valence-electron chi connectivity index (χ3n) is 2.37. The van der Waals surface area contributed by atoms with E-state index in [1.165, 1.54) is 30.3 Å². The highest BCUT2D eigenvalue weighted by Crippen LogP contribution is 2.25. The van der Waals surface area contributed by atoms with E-state index in [-0.39, 0.29) is 15.6 Å². The van der Waals surface area contributed by atoms with Crippen LogP contribution in [0, 0.1) is 5.82 Å². The Labute approximate surface area is 115 Å². The number of hydrogen-bond acceptors (Lipinski definition) is 3. The number of nitrogens with one attached hydrogen (secondary N) is 1. The van der Waals surface area contributed by atoms with Crippen LogP contribution >= 0.6 is 11.6 Å². The first kappa shape index (κ1) is 13.6. The van der Waals surface area contributed by atoms with Gasteiger partial charge in [-0.2, -0.15) is 0 Å². The summed E-state index contributed by atoms with van der Waals surface area (Å²) >= 11 is 5.76. The molecule has 0 aliphatic carbocycles. The van der Waals surface area contributed by atoms with Gasteiger partial charge < -0.3 is 5.73 Å². The molecule has 0 saturated heterocycles. The zero-order valence-electron chi connectivity index (χ0n) is 9.60. The van der Waals surface area contributed by atoms with Crippen LogP contribution in [0.3, 0.4) is 0 Å². The molecule has 0 aromatic heterocycles. The molecule has 100 valence electrons. The van der Waals surface area contributed by atoms with E-state index >= 15 is 0 Å². The highest BCUT2D eigenvalue weighted by Gasteiger charge is 2.15. The van der Waals surface area contributed by atoms with E-state index in [2.05, 4.69) is 4.72 Å². The zero-order valence-corrected chi connectivity index (χ0v) is 11.2. The molecule has 0 aliphatic heterocycles. The van der Waals surface area contributed by atoms with Crippen LogP contribution in [0.25, 0.3) is 0 Å². The van der Waals surface area contributed by atoms with Gasteiger partial charge in [-0.05, 0) is 42.5 Å². The molecule has 2 aromatic rings. The third kappa shape index (κ3) is 3.15. The van der Waals surface area contributed by atoms with Crippen molar-refractivity contribution in [3.05, 3.63) is 53.3 Å². The fourth-order valence-corrected chi connectivity index (χ4v) is 2.77. The van der Waals surface area contributed by atoms with Gasteiger partial charge in [-0.15, -0.1) is 0 Å². The molecule has 0 heterocycles. The van der Waals surface area contributed by atoms with Crippen molar-refractivity contribution in [2.24, 2.45) is 0 Å². The first-order valence-electron chi connectivity index (χ1n) is 5.22. The molecule has 0 amide bonds. The Balaban J connectivity index is 2.33. The summed E-state index contributed by atoms with van der Waals surface area (Å²) < 4.78 is 39.2. The minimum absolute atomic E-state index is 0.0148. The van der Waals surface area contributed by atoms with Gasteiger partial charge in [0.05, 0.1) is 15.6 Å². The number of nitrogens with two attached hydrogens (primary N) is 1. The van der Waals surface area contributed by atoms with Gasteiger partial charge in [0.15, 0.2) is 0 Å². The topological polar surface area (TPSA) is 72.2 Å². The van der Waals surface area contributed by atoms with E-state index in [9.17, 15) is 12.8 Å². The van der Waals surface area contributed by atoms with Gasteiger partial charge in [0.2, 0.25) is 0 Å². The molecule has 4 nitrogen and oxygen atoms in total. The molecule has 2 rings (SSSR count). The molecular formula is C12H10ClFN2O2S. The lowest BCUT2D eigenvalue weighted by atomic mass is 10.3. The molecule has 7 heteroatoms. The first-order valence-corrected chi connectivity index (χ1v) is 7.08. The fraction of sp³-hybridized carbons (Fsp3) is 0. The number of anilines is 2. The molecule has 2 aromatic carbocycles. The van der Waals surface area contributed by atoms with E-state index in [4.69, 9.17) is 17.3 Å². The Hall–Kier alpha value is -1.79. The van der Waals surface area contributed by atoms with Gasteiger partial charge in [0, 0.05) is 5.69 Å². The van der Waals surface area contributed by atoms with Gasteiger partial charge in [-0.1, -0.05) is 11.6 Å². The number of halogens is 2. The zero-order chi connectivity index (χ0) is 14.0. The summed E-state index contributed by atoms with van der Waals surface area (Å²) in [4.78, 5) is 0.0436. The molecule has 19 heavy (non-hydrogen) atoms. The lowest BCUT2D eigenvalue weighted by molar-refractivity contribution is 0.601. The van der Waals surface area contributed by atoms with Gasteiger partial charge in [0.1, 0.15) is 5.82 Å². The Bertz CT molecular complexity index is 702. The van der Waals surface area contributed by atoms with Gasteiger partial charge in [-0.3, -0.25) is 4.72 Å². The standard InChI is InChI=1S/C12H10ClFN2O2S/c13-11-7-8(14)1-6-12(11)16-19(17,18)10-4-2-9(15)3-5-10/h1-7,16H,15H2. The van der Waals surface area contributed by atoms with Crippen LogP contribution in [0.15, 0.2) is 47.4 Å². The van der Waals surface area contributed by atoms with Crippen molar-refractivity contribution < 1.29 is 12.8 Å². The number of nitrogen functional groups attached to an aromatic ring is 1. The highest BCUT2D eigenvalue weighted by molar-refractivity contribution is 7.92. The van der Waals surface area contributed by atoms with Gasteiger partial charge in [-0.25, -0.2) is 12.8 Å². The second kappa shape index (κ2) is 5.07. The van der Waals surface area contributed by atoms with Crippen LogP contribution in [-0.2, 0) is 10.0 Å². The van der Waals surface area contributed by atoms with Crippen molar-refractivity contribution in [1.29, 1.82) is 0 Å². The molecule has 0 radical (unpaired) electrons.